The van der Waals surface area contributed by atoms with Crippen LogP contribution in [-0.2, 0) is 0 Å². The van der Waals surface area contributed by atoms with Gasteiger partial charge in [-0.2, -0.15) is 5.10 Å². The molecule has 0 saturated heterocycles. The van der Waals surface area contributed by atoms with Gasteiger partial charge in [-0.15, -0.1) is 11.8 Å². The van der Waals surface area contributed by atoms with Crippen LogP contribution in [-0.4, -0.2) is 16.0 Å². The highest BCUT2D eigenvalue weighted by atomic mass is 127. The van der Waals surface area contributed by atoms with Gasteiger partial charge in [0, 0.05) is 4.90 Å². The summed E-state index contributed by atoms with van der Waals surface area (Å²) in [5, 5.41) is 4.31. The van der Waals surface area contributed by atoms with E-state index in [1.165, 1.54) is 10.5 Å². The zero-order valence-electron chi connectivity index (χ0n) is 9.72. The Morgan fingerprint density at radius 3 is 2.47 bits per heavy atom. The molecule has 0 fully saturated rings. The van der Waals surface area contributed by atoms with Gasteiger partial charge in [0.2, 0.25) is 0 Å². The van der Waals surface area contributed by atoms with E-state index in [0.717, 1.165) is 9.39 Å². The summed E-state index contributed by atoms with van der Waals surface area (Å²) in [6, 6.07) is 8.67. The van der Waals surface area contributed by atoms with Gasteiger partial charge < -0.3 is 5.73 Å². The average molecular weight is 359 g/mol. The Kier molecular flexibility index (Phi) is 3.98. The fourth-order valence-corrected chi connectivity index (χ4v) is 2.46. The summed E-state index contributed by atoms with van der Waals surface area (Å²) < 4.78 is 2.85. The highest BCUT2D eigenvalue weighted by molar-refractivity contribution is 14.1. The Labute approximate surface area is 119 Å². The van der Waals surface area contributed by atoms with Crippen LogP contribution in [0, 0.1) is 3.57 Å². The number of nitrogens with zero attached hydrogens (tertiary/aromatic N) is 2. The number of rotatable bonds is 3. The molecule has 0 bridgehead atoms. The van der Waals surface area contributed by atoms with Crippen LogP contribution in [0.5, 0.6) is 0 Å². The number of nitrogens with two attached hydrogens (primary N) is 1. The lowest BCUT2D eigenvalue weighted by Gasteiger charge is -2.14. The third kappa shape index (κ3) is 2.60. The highest BCUT2D eigenvalue weighted by Gasteiger charge is 2.13. The van der Waals surface area contributed by atoms with Crippen LogP contribution < -0.4 is 5.73 Å². The Balaban J connectivity index is 2.30. The number of hydrogen-bond donors (Lipinski definition) is 1. The monoisotopic (exact) mass is 359 g/mol. The molecule has 2 aromatic rings. The third-order valence-corrected chi connectivity index (χ3v) is 4.33. The summed E-state index contributed by atoms with van der Waals surface area (Å²) >= 11 is 3.94. The van der Waals surface area contributed by atoms with Gasteiger partial charge in [-0.1, -0.05) is 12.1 Å². The van der Waals surface area contributed by atoms with Gasteiger partial charge in [0.25, 0.3) is 0 Å². The van der Waals surface area contributed by atoms with E-state index in [1.807, 2.05) is 4.68 Å². The maximum atomic E-state index is 5.99. The van der Waals surface area contributed by atoms with Gasteiger partial charge in [0.1, 0.15) is 5.82 Å². The van der Waals surface area contributed by atoms with Crippen molar-refractivity contribution < 1.29 is 0 Å². The van der Waals surface area contributed by atoms with Crippen LogP contribution in [0.25, 0.3) is 0 Å². The lowest BCUT2D eigenvalue weighted by Crippen LogP contribution is -2.11. The number of halogens is 1. The Hall–Kier alpha value is -0.690. The number of nitrogen functional groups attached to an aromatic ring is 1. The van der Waals surface area contributed by atoms with E-state index in [9.17, 15) is 0 Å². The van der Waals surface area contributed by atoms with Gasteiger partial charge in [-0.05, 0) is 53.5 Å². The third-order valence-electron chi connectivity index (χ3n) is 2.75. The molecule has 2 N–H and O–H groups in total. The minimum absolute atomic E-state index is 0.162. The summed E-state index contributed by atoms with van der Waals surface area (Å²) in [6.45, 7) is 2.10. The second-order valence-electron chi connectivity index (χ2n) is 3.77. The van der Waals surface area contributed by atoms with Crippen molar-refractivity contribution in [2.45, 2.75) is 17.9 Å². The molecule has 3 nitrogen and oxygen atoms in total. The zero-order valence-corrected chi connectivity index (χ0v) is 12.7. The number of anilines is 1. The molecule has 1 aromatic heterocycles. The van der Waals surface area contributed by atoms with Crippen molar-refractivity contribution in [1.29, 1.82) is 0 Å². The molecule has 17 heavy (non-hydrogen) atoms. The molecule has 1 aromatic carbocycles. The predicted molar refractivity (Wildman–Crippen MR) is 81.4 cm³/mol. The predicted octanol–water partition coefficient (Wildman–Crippen LogP) is 3.40. The molecule has 0 amide bonds. The largest absolute Gasteiger partial charge is 0.383 e. The Bertz CT molecular complexity index is 507. The molecule has 0 spiro atoms. The molecule has 1 unspecified atom stereocenters. The quantitative estimate of drug-likeness (QED) is 0.675. The first kappa shape index (κ1) is 12.8. The van der Waals surface area contributed by atoms with Gasteiger partial charge in [0.05, 0.1) is 15.8 Å². The topological polar surface area (TPSA) is 43.8 Å². The van der Waals surface area contributed by atoms with E-state index in [4.69, 9.17) is 5.73 Å². The lowest BCUT2D eigenvalue weighted by molar-refractivity contribution is 0.572. The number of benzene rings is 1. The highest BCUT2D eigenvalue weighted by Crippen LogP contribution is 2.25. The van der Waals surface area contributed by atoms with Crippen LogP contribution >= 0.6 is 34.4 Å². The fraction of sp³-hybridized carbons (Fsp3) is 0.250. The molecular formula is C12H14IN3S. The summed E-state index contributed by atoms with van der Waals surface area (Å²) in [4.78, 5) is 1.27. The molecule has 0 aliphatic rings. The van der Waals surface area contributed by atoms with Crippen molar-refractivity contribution in [3.05, 3.63) is 39.6 Å². The van der Waals surface area contributed by atoms with Crippen LogP contribution in [0.4, 0.5) is 5.82 Å². The maximum Gasteiger partial charge on any atom is 0.135 e. The molecule has 0 aliphatic carbocycles. The van der Waals surface area contributed by atoms with E-state index < -0.39 is 0 Å². The molecule has 0 aliphatic heterocycles. The van der Waals surface area contributed by atoms with Gasteiger partial charge in [0.15, 0.2) is 0 Å². The van der Waals surface area contributed by atoms with Gasteiger partial charge in [-0.25, -0.2) is 4.68 Å². The normalized spacial score (nSPS) is 12.6. The zero-order chi connectivity index (χ0) is 12.4. The minimum Gasteiger partial charge on any atom is -0.383 e. The van der Waals surface area contributed by atoms with Crippen molar-refractivity contribution in [1.82, 2.24) is 9.78 Å². The summed E-state index contributed by atoms with van der Waals surface area (Å²) in [5.74, 6) is 0.729. The van der Waals surface area contributed by atoms with Crippen LogP contribution in [0.3, 0.4) is 0 Å². The summed E-state index contributed by atoms with van der Waals surface area (Å²) in [6.07, 6.45) is 3.87. The summed E-state index contributed by atoms with van der Waals surface area (Å²) in [7, 11) is 0. The fourth-order valence-electron chi connectivity index (χ4n) is 1.68. The second-order valence-corrected chi connectivity index (χ2v) is 5.81. The molecule has 2 rings (SSSR count). The SMILES string of the molecule is CSc1ccc(C(C)n2ncc(I)c2N)cc1. The molecule has 1 atom stereocenters. The van der Waals surface area contributed by atoms with Crippen molar-refractivity contribution in [2.24, 2.45) is 0 Å². The van der Waals surface area contributed by atoms with E-state index in [0.29, 0.717) is 0 Å². The molecule has 0 radical (unpaired) electrons. The Morgan fingerprint density at radius 1 is 1.35 bits per heavy atom. The van der Waals surface area contributed by atoms with Gasteiger partial charge in [-0.3, -0.25) is 0 Å². The van der Waals surface area contributed by atoms with Crippen molar-refractivity contribution in [2.75, 3.05) is 12.0 Å². The van der Waals surface area contributed by atoms with Crippen LogP contribution in [0.2, 0.25) is 0 Å². The van der Waals surface area contributed by atoms with E-state index in [1.54, 1.807) is 18.0 Å². The molecular weight excluding hydrogens is 345 g/mol. The lowest BCUT2D eigenvalue weighted by atomic mass is 10.1. The number of thioether (sulfide) groups is 1. The average Bonchev–Trinajstić information content (AvgIpc) is 2.69. The molecule has 90 valence electrons. The molecule has 5 heteroatoms. The number of hydrogen-bond acceptors (Lipinski definition) is 3. The molecule has 1 heterocycles. The molecule has 0 saturated carbocycles. The first-order valence-electron chi connectivity index (χ1n) is 5.26. The van der Waals surface area contributed by atoms with Crippen LogP contribution in [0.15, 0.2) is 35.4 Å². The second kappa shape index (κ2) is 5.30. The minimum atomic E-state index is 0.162. The van der Waals surface area contributed by atoms with E-state index >= 15 is 0 Å². The smallest absolute Gasteiger partial charge is 0.135 e. The van der Waals surface area contributed by atoms with Crippen molar-refractivity contribution in [3.8, 4) is 0 Å². The number of aromatic nitrogens is 2. The first-order valence-corrected chi connectivity index (χ1v) is 7.56. The first-order chi connectivity index (χ1) is 8.13. The maximum absolute atomic E-state index is 5.99. The van der Waals surface area contributed by atoms with Crippen LogP contribution in [0.1, 0.15) is 18.5 Å². The van der Waals surface area contributed by atoms with Gasteiger partial charge >= 0.3 is 0 Å². The van der Waals surface area contributed by atoms with E-state index in [2.05, 4.69) is 65.1 Å². The van der Waals surface area contributed by atoms with E-state index in [-0.39, 0.29) is 6.04 Å². The standard InChI is InChI=1S/C12H14IN3S/c1-8(16-12(14)11(13)7-15-16)9-3-5-10(17-2)6-4-9/h3-8H,14H2,1-2H3. The van der Waals surface area contributed by atoms with Crippen molar-refractivity contribution in [3.63, 3.8) is 0 Å². The summed E-state index contributed by atoms with van der Waals surface area (Å²) in [5.41, 5.74) is 7.20. The van der Waals surface area contributed by atoms with Crippen molar-refractivity contribution >= 4 is 40.2 Å². The Morgan fingerprint density at radius 2 is 2.00 bits per heavy atom.